The maximum absolute atomic E-state index is 11.0. The van der Waals surface area contributed by atoms with Crippen LogP contribution in [0.2, 0.25) is 0 Å². The summed E-state index contributed by atoms with van der Waals surface area (Å²) in [5, 5.41) is 19.5. The van der Waals surface area contributed by atoms with Gasteiger partial charge in [0.05, 0.1) is 11.7 Å². The molecule has 0 bridgehead atoms. The van der Waals surface area contributed by atoms with Crippen molar-refractivity contribution in [3.05, 3.63) is 36.0 Å². The number of carboxylic acids is 1. The Morgan fingerprint density at radius 2 is 1.89 bits per heavy atom. The quantitative estimate of drug-likeness (QED) is 0.871. The molecule has 2 N–H and O–H groups in total. The Kier molecular flexibility index (Phi) is 3.03. The van der Waals surface area contributed by atoms with E-state index in [0.717, 1.165) is 36.6 Å². The summed E-state index contributed by atoms with van der Waals surface area (Å²) in [5.74, 6) is -0.893. The minimum Gasteiger partial charge on any atom is -0.478 e. The summed E-state index contributed by atoms with van der Waals surface area (Å²) in [6, 6.07) is 7.62. The Balaban J connectivity index is 1.95. The van der Waals surface area contributed by atoms with Gasteiger partial charge in [-0.3, -0.25) is 0 Å². The molecule has 3 rings (SSSR count). The van der Waals surface area contributed by atoms with Crippen LogP contribution in [0, 0.1) is 0 Å². The first kappa shape index (κ1) is 12.2. The molecule has 1 fully saturated rings. The lowest BCUT2D eigenvalue weighted by atomic mass is 9.93. The molecular formula is C15H17NO3. The third kappa shape index (κ3) is 2.24. The number of carboxylic acid groups (broad SMARTS) is 1. The van der Waals surface area contributed by atoms with Gasteiger partial charge in [-0.15, -0.1) is 0 Å². The van der Waals surface area contributed by atoms with Crippen molar-refractivity contribution in [1.82, 2.24) is 4.57 Å². The molecular weight excluding hydrogens is 242 g/mol. The van der Waals surface area contributed by atoms with Gasteiger partial charge in [-0.1, -0.05) is 0 Å². The lowest BCUT2D eigenvalue weighted by Gasteiger charge is -2.27. The zero-order valence-electron chi connectivity index (χ0n) is 10.6. The minimum absolute atomic E-state index is 0.156. The molecule has 4 nitrogen and oxygen atoms in total. The van der Waals surface area contributed by atoms with Crippen molar-refractivity contribution < 1.29 is 15.0 Å². The number of fused-ring (bicyclic) bond motifs is 1. The van der Waals surface area contributed by atoms with Crippen molar-refractivity contribution in [2.45, 2.75) is 37.8 Å². The number of hydrogen-bond acceptors (Lipinski definition) is 2. The summed E-state index contributed by atoms with van der Waals surface area (Å²) in [6.45, 7) is 0. The van der Waals surface area contributed by atoms with E-state index in [-0.39, 0.29) is 6.10 Å². The molecule has 4 heteroatoms. The molecule has 0 amide bonds. The van der Waals surface area contributed by atoms with E-state index in [9.17, 15) is 9.90 Å². The molecule has 1 aromatic carbocycles. The average Bonchev–Trinajstić information content (AvgIpc) is 2.82. The third-order valence-electron chi connectivity index (χ3n) is 4.03. The molecule has 1 aromatic heterocycles. The van der Waals surface area contributed by atoms with Gasteiger partial charge in [-0.05, 0) is 49.9 Å². The second kappa shape index (κ2) is 4.70. The smallest absolute Gasteiger partial charge is 0.335 e. The first-order valence-corrected chi connectivity index (χ1v) is 6.67. The van der Waals surface area contributed by atoms with Crippen LogP contribution in [0.4, 0.5) is 0 Å². The Labute approximate surface area is 111 Å². The highest BCUT2D eigenvalue weighted by atomic mass is 16.4. The van der Waals surface area contributed by atoms with Crippen LogP contribution in [-0.2, 0) is 0 Å². The van der Waals surface area contributed by atoms with Gasteiger partial charge in [0.1, 0.15) is 0 Å². The second-order valence-electron chi connectivity index (χ2n) is 5.26. The summed E-state index contributed by atoms with van der Waals surface area (Å²) in [6.07, 6.45) is 5.52. The minimum atomic E-state index is -0.893. The second-order valence-corrected chi connectivity index (χ2v) is 5.26. The average molecular weight is 259 g/mol. The monoisotopic (exact) mass is 259 g/mol. The van der Waals surface area contributed by atoms with E-state index >= 15 is 0 Å². The number of benzene rings is 1. The highest BCUT2D eigenvalue weighted by Crippen LogP contribution is 2.32. The summed E-state index contributed by atoms with van der Waals surface area (Å²) in [7, 11) is 0. The molecule has 0 atom stereocenters. The van der Waals surface area contributed by atoms with Crippen LogP contribution in [0.1, 0.15) is 42.1 Å². The SMILES string of the molecule is O=C(O)c1ccc2c(ccn2C2CCC(O)CC2)c1. The van der Waals surface area contributed by atoms with E-state index in [2.05, 4.69) is 4.57 Å². The maximum atomic E-state index is 11.0. The van der Waals surface area contributed by atoms with Crippen molar-refractivity contribution in [2.24, 2.45) is 0 Å². The fourth-order valence-corrected chi connectivity index (χ4v) is 2.95. The van der Waals surface area contributed by atoms with E-state index < -0.39 is 5.97 Å². The van der Waals surface area contributed by atoms with E-state index in [0.29, 0.717) is 11.6 Å². The molecule has 0 saturated heterocycles. The van der Waals surface area contributed by atoms with Crippen molar-refractivity contribution in [1.29, 1.82) is 0 Å². The molecule has 0 radical (unpaired) electrons. The number of hydrogen-bond donors (Lipinski definition) is 2. The van der Waals surface area contributed by atoms with Gasteiger partial charge in [-0.2, -0.15) is 0 Å². The lowest BCUT2D eigenvalue weighted by Crippen LogP contribution is -2.20. The Bertz CT molecular complexity index is 609. The molecule has 0 spiro atoms. The van der Waals surface area contributed by atoms with Crippen molar-refractivity contribution >= 4 is 16.9 Å². The molecule has 1 saturated carbocycles. The fourth-order valence-electron chi connectivity index (χ4n) is 2.95. The number of aromatic nitrogens is 1. The van der Waals surface area contributed by atoms with Gasteiger partial charge < -0.3 is 14.8 Å². The standard InChI is InChI=1S/C15H17NO3/c17-13-4-2-12(3-5-13)16-8-7-10-9-11(15(18)19)1-6-14(10)16/h1,6-9,12-13,17H,2-5H2,(H,18,19). The summed E-state index contributed by atoms with van der Waals surface area (Å²) in [4.78, 5) is 11.0. The Hall–Kier alpha value is -1.81. The van der Waals surface area contributed by atoms with E-state index in [1.807, 2.05) is 18.3 Å². The number of aliphatic hydroxyl groups excluding tert-OH is 1. The van der Waals surface area contributed by atoms with E-state index in [4.69, 9.17) is 5.11 Å². The Morgan fingerprint density at radius 1 is 1.16 bits per heavy atom. The summed E-state index contributed by atoms with van der Waals surface area (Å²) >= 11 is 0. The largest absolute Gasteiger partial charge is 0.478 e. The highest BCUT2D eigenvalue weighted by Gasteiger charge is 2.21. The van der Waals surface area contributed by atoms with Crippen LogP contribution in [0.15, 0.2) is 30.5 Å². The van der Waals surface area contributed by atoms with Gasteiger partial charge in [0.25, 0.3) is 0 Å². The van der Waals surface area contributed by atoms with Crippen LogP contribution in [0.25, 0.3) is 10.9 Å². The fraction of sp³-hybridized carbons (Fsp3) is 0.400. The predicted molar refractivity (Wildman–Crippen MR) is 72.4 cm³/mol. The van der Waals surface area contributed by atoms with Gasteiger partial charge in [-0.25, -0.2) is 4.79 Å². The molecule has 0 aliphatic heterocycles. The number of carbonyl (C=O) groups is 1. The summed E-state index contributed by atoms with van der Waals surface area (Å²) < 4.78 is 2.22. The number of rotatable bonds is 2. The van der Waals surface area contributed by atoms with Crippen molar-refractivity contribution in [3.8, 4) is 0 Å². The van der Waals surface area contributed by atoms with E-state index in [1.54, 1.807) is 12.1 Å². The molecule has 19 heavy (non-hydrogen) atoms. The van der Waals surface area contributed by atoms with Crippen LogP contribution in [0.5, 0.6) is 0 Å². The van der Waals surface area contributed by atoms with Crippen LogP contribution < -0.4 is 0 Å². The molecule has 100 valence electrons. The normalized spacial score (nSPS) is 23.6. The molecule has 2 aromatic rings. The van der Waals surface area contributed by atoms with Crippen LogP contribution in [0.3, 0.4) is 0 Å². The van der Waals surface area contributed by atoms with Crippen molar-refractivity contribution in [3.63, 3.8) is 0 Å². The molecule has 1 heterocycles. The third-order valence-corrected chi connectivity index (χ3v) is 4.03. The zero-order valence-corrected chi connectivity index (χ0v) is 10.6. The zero-order chi connectivity index (χ0) is 13.4. The summed E-state index contributed by atoms with van der Waals surface area (Å²) in [5.41, 5.74) is 1.40. The maximum Gasteiger partial charge on any atom is 0.335 e. The van der Waals surface area contributed by atoms with Crippen LogP contribution >= 0.6 is 0 Å². The lowest BCUT2D eigenvalue weighted by molar-refractivity contribution is 0.0697. The van der Waals surface area contributed by atoms with Crippen LogP contribution in [-0.4, -0.2) is 26.9 Å². The highest BCUT2D eigenvalue weighted by molar-refractivity contribution is 5.93. The Morgan fingerprint density at radius 3 is 2.58 bits per heavy atom. The van der Waals surface area contributed by atoms with Gasteiger partial charge in [0, 0.05) is 23.1 Å². The molecule has 1 aliphatic rings. The topological polar surface area (TPSA) is 62.5 Å². The molecule has 1 aliphatic carbocycles. The number of aliphatic hydroxyl groups is 1. The number of aromatic carboxylic acids is 1. The van der Waals surface area contributed by atoms with E-state index in [1.165, 1.54) is 0 Å². The first-order chi connectivity index (χ1) is 9.15. The van der Waals surface area contributed by atoms with Gasteiger partial charge in [0.15, 0.2) is 0 Å². The van der Waals surface area contributed by atoms with Gasteiger partial charge in [0.2, 0.25) is 0 Å². The van der Waals surface area contributed by atoms with Crippen molar-refractivity contribution in [2.75, 3.05) is 0 Å². The first-order valence-electron chi connectivity index (χ1n) is 6.67. The molecule has 0 unspecified atom stereocenters. The van der Waals surface area contributed by atoms with Gasteiger partial charge >= 0.3 is 5.97 Å². The number of nitrogens with zero attached hydrogens (tertiary/aromatic N) is 1. The predicted octanol–water partition coefficient (Wildman–Crippen LogP) is 2.82.